The van der Waals surface area contributed by atoms with Crippen LogP contribution in [0.25, 0.3) is 10.8 Å². The van der Waals surface area contributed by atoms with E-state index in [-0.39, 0.29) is 23.2 Å². The van der Waals surface area contributed by atoms with Gasteiger partial charge < -0.3 is 0 Å². The summed E-state index contributed by atoms with van der Waals surface area (Å²) in [6.45, 7) is -0.213. The number of nitrogens with zero attached hydrogens (tertiary/aromatic N) is 1. The number of rotatable bonds is 4. The molecule has 0 saturated heterocycles. The van der Waals surface area contributed by atoms with Crippen LogP contribution < -0.4 is 0 Å². The van der Waals surface area contributed by atoms with E-state index in [0.29, 0.717) is 11.1 Å². The lowest BCUT2D eigenvalue weighted by atomic mass is 9.69. The average Bonchev–Trinajstić information content (AvgIpc) is 2.78. The molecule has 1 atom stereocenters. The Morgan fingerprint density at radius 2 is 1.33 bits per heavy atom. The van der Waals surface area contributed by atoms with E-state index in [0.717, 1.165) is 27.5 Å². The van der Waals surface area contributed by atoms with Crippen molar-refractivity contribution in [3.05, 3.63) is 129 Å². The number of carbonyl (C=O) groups excluding carboxylic acids is 1. The SMILES string of the molecule is O=C1c2ccccc2C(C(C[N+](=O)[O-])c2cccc3ccccc23)c2ccccc21. The quantitative estimate of drug-likeness (QED) is 0.336. The van der Waals surface area contributed by atoms with E-state index >= 15 is 0 Å². The van der Waals surface area contributed by atoms with E-state index in [4.69, 9.17) is 0 Å². The maximum atomic E-state index is 13.1. The lowest BCUT2D eigenvalue weighted by Gasteiger charge is -2.32. The minimum atomic E-state index is -0.401. The molecular weight excluding hydrogens is 374 g/mol. The van der Waals surface area contributed by atoms with Crippen molar-refractivity contribution in [3.8, 4) is 0 Å². The third-order valence-electron chi connectivity index (χ3n) is 6.05. The third kappa shape index (κ3) is 2.89. The molecule has 4 heteroatoms. The van der Waals surface area contributed by atoms with Gasteiger partial charge in [-0.2, -0.15) is 0 Å². The average molecular weight is 393 g/mol. The van der Waals surface area contributed by atoms with Crippen LogP contribution in [0.1, 0.15) is 44.4 Å². The lowest BCUT2D eigenvalue weighted by Crippen LogP contribution is -2.27. The molecule has 5 rings (SSSR count). The molecule has 30 heavy (non-hydrogen) atoms. The Balaban J connectivity index is 1.80. The van der Waals surface area contributed by atoms with Crippen LogP contribution >= 0.6 is 0 Å². The van der Waals surface area contributed by atoms with Gasteiger partial charge in [-0.3, -0.25) is 14.9 Å². The van der Waals surface area contributed by atoms with Gasteiger partial charge in [0.15, 0.2) is 5.78 Å². The highest BCUT2D eigenvalue weighted by Crippen LogP contribution is 2.46. The molecule has 4 nitrogen and oxygen atoms in total. The summed E-state index contributed by atoms with van der Waals surface area (Å²) < 4.78 is 0. The second kappa shape index (κ2) is 7.23. The summed E-state index contributed by atoms with van der Waals surface area (Å²) in [6, 6.07) is 29.0. The molecule has 0 amide bonds. The van der Waals surface area contributed by atoms with Gasteiger partial charge in [-0.15, -0.1) is 0 Å². The molecule has 0 bridgehead atoms. The molecule has 0 fully saturated rings. The monoisotopic (exact) mass is 393 g/mol. The minimum Gasteiger partial charge on any atom is -0.289 e. The third-order valence-corrected chi connectivity index (χ3v) is 6.05. The first kappa shape index (κ1) is 18.3. The second-order valence-electron chi connectivity index (χ2n) is 7.67. The van der Waals surface area contributed by atoms with Gasteiger partial charge in [0.1, 0.15) is 0 Å². The molecule has 0 aromatic heterocycles. The lowest BCUT2D eigenvalue weighted by molar-refractivity contribution is -0.483. The first-order chi connectivity index (χ1) is 14.6. The number of carbonyl (C=O) groups is 1. The molecule has 4 aromatic carbocycles. The van der Waals surface area contributed by atoms with Crippen LogP contribution in [0.3, 0.4) is 0 Å². The van der Waals surface area contributed by atoms with Crippen LogP contribution in [0.4, 0.5) is 0 Å². The molecule has 0 aliphatic heterocycles. The topological polar surface area (TPSA) is 60.2 Å². The van der Waals surface area contributed by atoms with Crippen LogP contribution in [0.2, 0.25) is 0 Å². The molecule has 0 radical (unpaired) electrons. The minimum absolute atomic E-state index is 0.0183. The number of benzene rings is 4. The molecule has 1 aliphatic carbocycles. The predicted molar refractivity (Wildman–Crippen MR) is 117 cm³/mol. The molecule has 146 valence electrons. The second-order valence-corrected chi connectivity index (χ2v) is 7.67. The van der Waals surface area contributed by atoms with Crippen molar-refractivity contribution < 1.29 is 9.72 Å². The van der Waals surface area contributed by atoms with Crippen LogP contribution in [0, 0.1) is 10.1 Å². The maximum Gasteiger partial charge on any atom is 0.211 e. The maximum absolute atomic E-state index is 13.1. The van der Waals surface area contributed by atoms with Crippen molar-refractivity contribution in [2.45, 2.75) is 11.8 Å². The number of hydrogen-bond acceptors (Lipinski definition) is 3. The molecule has 0 heterocycles. The van der Waals surface area contributed by atoms with Crippen molar-refractivity contribution >= 4 is 16.6 Å². The highest BCUT2D eigenvalue weighted by Gasteiger charge is 2.38. The summed E-state index contributed by atoms with van der Waals surface area (Å²) in [6.07, 6.45) is 0. The van der Waals surface area contributed by atoms with Gasteiger partial charge >= 0.3 is 0 Å². The van der Waals surface area contributed by atoms with Crippen molar-refractivity contribution in [2.75, 3.05) is 6.54 Å². The molecular formula is C26H19NO3. The zero-order valence-corrected chi connectivity index (χ0v) is 16.2. The molecule has 0 N–H and O–H groups in total. The van der Waals surface area contributed by atoms with Crippen LogP contribution in [-0.2, 0) is 0 Å². The number of fused-ring (bicyclic) bond motifs is 3. The van der Waals surface area contributed by atoms with E-state index in [1.165, 1.54) is 0 Å². The van der Waals surface area contributed by atoms with Gasteiger partial charge in [0, 0.05) is 22.0 Å². The van der Waals surface area contributed by atoms with E-state index in [1.807, 2.05) is 91.0 Å². The molecule has 0 saturated carbocycles. The van der Waals surface area contributed by atoms with Crippen molar-refractivity contribution in [1.82, 2.24) is 0 Å². The fourth-order valence-electron chi connectivity index (χ4n) is 4.81. The first-order valence-corrected chi connectivity index (χ1v) is 9.97. The van der Waals surface area contributed by atoms with Gasteiger partial charge in [0.05, 0.1) is 5.92 Å². The summed E-state index contributed by atoms with van der Waals surface area (Å²) in [5.41, 5.74) is 3.93. The Bertz CT molecular complexity index is 1240. The van der Waals surface area contributed by atoms with Crippen LogP contribution in [0.5, 0.6) is 0 Å². The normalized spacial score (nSPS) is 14.2. The number of nitro groups is 1. The molecule has 1 aliphatic rings. The first-order valence-electron chi connectivity index (χ1n) is 9.97. The Morgan fingerprint density at radius 1 is 0.767 bits per heavy atom. The molecule has 0 spiro atoms. The van der Waals surface area contributed by atoms with Crippen molar-refractivity contribution in [2.24, 2.45) is 0 Å². The van der Waals surface area contributed by atoms with Crippen LogP contribution in [-0.4, -0.2) is 17.3 Å². The van der Waals surface area contributed by atoms with Gasteiger partial charge in [-0.25, -0.2) is 0 Å². The highest BCUT2D eigenvalue weighted by molar-refractivity contribution is 6.12. The Hall–Kier alpha value is -3.79. The summed E-state index contributed by atoms with van der Waals surface area (Å²) in [7, 11) is 0. The van der Waals surface area contributed by atoms with E-state index in [9.17, 15) is 14.9 Å². The molecule has 4 aromatic rings. The van der Waals surface area contributed by atoms with Gasteiger partial charge in [0.2, 0.25) is 6.54 Å². The predicted octanol–water partition coefficient (Wildman–Crippen LogP) is 5.58. The highest BCUT2D eigenvalue weighted by atomic mass is 16.6. The fraction of sp³-hybridized carbons (Fsp3) is 0.115. The van der Waals surface area contributed by atoms with E-state index in [2.05, 4.69) is 0 Å². The van der Waals surface area contributed by atoms with Gasteiger partial charge in [-0.05, 0) is 27.5 Å². The Morgan fingerprint density at radius 3 is 2.00 bits per heavy atom. The summed E-state index contributed by atoms with van der Waals surface area (Å²) >= 11 is 0. The van der Waals surface area contributed by atoms with Gasteiger partial charge in [0.25, 0.3) is 0 Å². The zero-order chi connectivity index (χ0) is 20.7. The van der Waals surface area contributed by atoms with E-state index < -0.39 is 5.92 Å². The number of hydrogen-bond donors (Lipinski definition) is 0. The zero-order valence-electron chi connectivity index (χ0n) is 16.2. The smallest absolute Gasteiger partial charge is 0.211 e. The fourth-order valence-corrected chi connectivity index (χ4v) is 4.81. The Kier molecular flexibility index (Phi) is 4.40. The molecule has 1 unspecified atom stereocenters. The van der Waals surface area contributed by atoms with E-state index in [1.54, 1.807) is 0 Å². The summed E-state index contributed by atoms with van der Waals surface area (Å²) in [5.74, 6) is -0.692. The van der Waals surface area contributed by atoms with Gasteiger partial charge in [-0.1, -0.05) is 91.0 Å². The standard InChI is InChI=1S/C26H19NO3/c28-26-22-13-5-3-11-20(22)25(21-12-4-6-14-23(21)26)24(16-27(29)30)19-15-7-9-17-8-1-2-10-18(17)19/h1-15,24-25H,16H2. The largest absolute Gasteiger partial charge is 0.289 e. The summed E-state index contributed by atoms with van der Waals surface area (Å²) in [5, 5.41) is 13.9. The number of ketones is 1. The van der Waals surface area contributed by atoms with Crippen LogP contribution in [0.15, 0.2) is 91.0 Å². The van der Waals surface area contributed by atoms with Crippen molar-refractivity contribution in [3.63, 3.8) is 0 Å². The summed E-state index contributed by atoms with van der Waals surface area (Å²) in [4.78, 5) is 24.7. The Labute approximate surface area is 173 Å². The van der Waals surface area contributed by atoms with Crippen molar-refractivity contribution in [1.29, 1.82) is 0 Å².